The van der Waals surface area contributed by atoms with Crippen molar-refractivity contribution in [3.8, 4) is 23.0 Å². The van der Waals surface area contributed by atoms with Crippen molar-refractivity contribution in [2.45, 2.75) is 19.9 Å². The van der Waals surface area contributed by atoms with Gasteiger partial charge in [0, 0.05) is 5.56 Å². The number of phenolic OH excluding ortho intramolecular Hbond substituents is 1. The lowest BCUT2D eigenvalue weighted by molar-refractivity contribution is -0.138. The first-order valence-electron chi connectivity index (χ1n) is 13.4. The molecule has 0 saturated heterocycles. The minimum atomic E-state index is -0.865. The van der Waals surface area contributed by atoms with E-state index in [-0.39, 0.29) is 23.5 Å². The Morgan fingerprint density at radius 1 is 0.976 bits per heavy atom. The first-order chi connectivity index (χ1) is 20.4. The number of hydrogen-bond acceptors (Lipinski definition) is 9. The monoisotopic (exact) mass is 586 g/mol. The molecule has 0 spiro atoms. The van der Waals surface area contributed by atoms with Crippen LogP contribution in [-0.4, -0.2) is 43.1 Å². The van der Waals surface area contributed by atoms with E-state index in [1.54, 1.807) is 50.4 Å². The summed E-state index contributed by atoms with van der Waals surface area (Å²) in [5, 5.41) is 10.1. The molecule has 1 atom stereocenters. The van der Waals surface area contributed by atoms with Crippen LogP contribution in [-0.2, 0) is 9.53 Å². The quantitative estimate of drug-likeness (QED) is 0.295. The number of esters is 1. The van der Waals surface area contributed by atoms with Crippen LogP contribution >= 0.6 is 11.3 Å². The molecular weight excluding hydrogens is 556 g/mol. The van der Waals surface area contributed by atoms with Gasteiger partial charge in [0.15, 0.2) is 27.8 Å². The van der Waals surface area contributed by atoms with Crippen LogP contribution in [0.15, 0.2) is 82.1 Å². The van der Waals surface area contributed by atoms with Gasteiger partial charge in [-0.2, -0.15) is 0 Å². The highest BCUT2D eigenvalue weighted by Gasteiger charge is 2.35. The molecule has 0 unspecified atom stereocenters. The third kappa shape index (κ3) is 5.40. The van der Waals surface area contributed by atoms with Crippen molar-refractivity contribution in [1.29, 1.82) is 0 Å². The van der Waals surface area contributed by atoms with Gasteiger partial charge in [0.25, 0.3) is 5.56 Å². The number of ether oxygens (including phenoxy) is 4. The topological polar surface area (TPSA) is 109 Å². The molecule has 4 aromatic rings. The van der Waals surface area contributed by atoms with Crippen LogP contribution in [0.2, 0.25) is 0 Å². The van der Waals surface area contributed by atoms with Gasteiger partial charge in [0.1, 0.15) is 0 Å². The summed E-state index contributed by atoms with van der Waals surface area (Å²) in [6.07, 6.45) is 1.72. The van der Waals surface area contributed by atoms with Gasteiger partial charge in [-0.25, -0.2) is 9.79 Å². The molecule has 1 N–H and O–H groups in total. The van der Waals surface area contributed by atoms with Gasteiger partial charge in [-0.15, -0.1) is 0 Å². The zero-order chi connectivity index (χ0) is 29.8. The van der Waals surface area contributed by atoms with Gasteiger partial charge >= 0.3 is 5.97 Å². The number of methoxy groups -OCH3 is 2. The molecule has 5 rings (SSSR count). The predicted molar refractivity (Wildman–Crippen MR) is 160 cm³/mol. The molecule has 1 aromatic heterocycles. The summed E-state index contributed by atoms with van der Waals surface area (Å²) in [5.74, 6) is 0.713. The van der Waals surface area contributed by atoms with Gasteiger partial charge in [-0.05, 0) is 55.3 Å². The number of aromatic hydroxyl groups is 1. The third-order valence-corrected chi connectivity index (χ3v) is 7.66. The maximum atomic E-state index is 14.1. The van der Waals surface area contributed by atoms with E-state index in [1.165, 1.54) is 29.1 Å². The summed E-state index contributed by atoms with van der Waals surface area (Å²) in [4.78, 5) is 33.0. The molecular formula is C32H30N2O7S. The first kappa shape index (κ1) is 28.7. The Kier molecular flexibility index (Phi) is 8.44. The predicted octanol–water partition coefficient (Wildman–Crippen LogP) is 4.06. The molecule has 9 nitrogen and oxygen atoms in total. The fraction of sp³-hybridized carbons (Fsp3) is 0.219. The minimum Gasteiger partial charge on any atom is -0.504 e. The fourth-order valence-electron chi connectivity index (χ4n) is 4.82. The zero-order valence-electron chi connectivity index (χ0n) is 23.6. The minimum absolute atomic E-state index is 0.00972. The molecule has 1 aliphatic heterocycles. The highest BCUT2D eigenvalue weighted by molar-refractivity contribution is 7.07. The second kappa shape index (κ2) is 12.4. The normalized spacial score (nSPS) is 14.7. The highest BCUT2D eigenvalue weighted by Crippen LogP contribution is 2.38. The SMILES string of the molecule is CCOC(=O)C1=C(c2ccccc2)N=c2s/c(=C\c3ccc(O)c(OCC)c3)c(=O)n2[C@H]1c1ccc(OC)c(OC)c1. The summed E-state index contributed by atoms with van der Waals surface area (Å²) < 4.78 is 23.9. The largest absolute Gasteiger partial charge is 0.504 e. The van der Waals surface area contributed by atoms with E-state index in [4.69, 9.17) is 23.9 Å². The fourth-order valence-corrected chi connectivity index (χ4v) is 5.82. The molecule has 0 amide bonds. The Bertz CT molecular complexity index is 1840. The Morgan fingerprint density at radius 3 is 2.43 bits per heavy atom. The Balaban J connectivity index is 1.81. The Labute approximate surface area is 246 Å². The summed E-state index contributed by atoms with van der Waals surface area (Å²) in [7, 11) is 3.07. The van der Waals surface area contributed by atoms with E-state index < -0.39 is 12.0 Å². The lowest BCUT2D eigenvalue weighted by Gasteiger charge is -2.26. The smallest absolute Gasteiger partial charge is 0.338 e. The molecule has 0 aliphatic carbocycles. The summed E-state index contributed by atoms with van der Waals surface area (Å²) in [6.45, 7) is 4.08. The van der Waals surface area contributed by atoms with Crippen LogP contribution < -0.4 is 29.1 Å². The average Bonchev–Trinajstić information content (AvgIpc) is 3.32. The van der Waals surface area contributed by atoms with Crippen molar-refractivity contribution in [2.75, 3.05) is 27.4 Å². The van der Waals surface area contributed by atoms with Crippen molar-refractivity contribution < 1.29 is 28.8 Å². The molecule has 42 heavy (non-hydrogen) atoms. The van der Waals surface area contributed by atoms with Crippen LogP contribution in [0.4, 0.5) is 0 Å². The second-order valence-corrected chi connectivity index (χ2v) is 10.2. The van der Waals surface area contributed by atoms with Crippen LogP contribution in [0.5, 0.6) is 23.0 Å². The zero-order valence-corrected chi connectivity index (χ0v) is 24.4. The van der Waals surface area contributed by atoms with Crippen molar-refractivity contribution >= 4 is 29.1 Å². The molecule has 2 heterocycles. The molecule has 0 fully saturated rings. The van der Waals surface area contributed by atoms with Gasteiger partial charge < -0.3 is 24.1 Å². The van der Waals surface area contributed by atoms with E-state index in [9.17, 15) is 14.7 Å². The van der Waals surface area contributed by atoms with E-state index in [0.717, 1.165) is 0 Å². The van der Waals surface area contributed by atoms with Gasteiger partial charge in [0.05, 0.1) is 49.3 Å². The van der Waals surface area contributed by atoms with Crippen molar-refractivity contribution in [3.05, 3.63) is 109 Å². The number of phenols is 1. The lowest BCUT2D eigenvalue weighted by atomic mass is 9.93. The number of carbonyl (C=O) groups excluding carboxylic acids is 1. The number of carbonyl (C=O) groups is 1. The number of benzene rings is 3. The average molecular weight is 587 g/mol. The molecule has 0 bridgehead atoms. The summed E-state index contributed by atoms with van der Waals surface area (Å²) >= 11 is 1.20. The maximum absolute atomic E-state index is 14.1. The maximum Gasteiger partial charge on any atom is 0.338 e. The van der Waals surface area contributed by atoms with Crippen LogP contribution in [0, 0.1) is 0 Å². The number of nitrogens with zero attached hydrogens (tertiary/aromatic N) is 2. The lowest BCUT2D eigenvalue weighted by Crippen LogP contribution is -2.40. The van der Waals surface area contributed by atoms with Gasteiger partial charge in [-0.3, -0.25) is 9.36 Å². The number of rotatable bonds is 9. The molecule has 3 aromatic carbocycles. The van der Waals surface area contributed by atoms with E-state index in [1.807, 2.05) is 37.3 Å². The van der Waals surface area contributed by atoms with Crippen molar-refractivity contribution in [3.63, 3.8) is 0 Å². The van der Waals surface area contributed by atoms with Crippen LogP contribution in [0.1, 0.15) is 36.6 Å². The molecule has 216 valence electrons. The molecule has 0 radical (unpaired) electrons. The number of fused-ring (bicyclic) bond motifs is 1. The summed E-state index contributed by atoms with van der Waals surface area (Å²) in [5.41, 5.74) is 2.32. The van der Waals surface area contributed by atoms with Gasteiger partial charge in [-0.1, -0.05) is 53.8 Å². The van der Waals surface area contributed by atoms with E-state index in [0.29, 0.717) is 55.6 Å². The third-order valence-electron chi connectivity index (χ3n) is 6.68. The van der Waals surface area contributed by atoms with E-state index in [2.05, 4.69) is 0 Å². The molecule has 0 saturated carbocycles. The first-order valence-corrected chi connectivity index (χ1v) is 14.2. The van der Waals surface area contributed by atoms with Gasteiger partial charge in [0.2, 0.25) is 0 Å². The number of thiazole rings is 1. The Hall–Kier alpha value is -4.83. The molecule has 10 heteroatoms. The molecule has 1 aliphatic rings. The van der Waals surface area contributed by atoms with Crippen molar-refractivity contribution in [2.24, 2.45) is 4.99 Å². The number of aromatic nitrogens is 1. The highest BCUT2D eigenvalue weighted by atomic mass is 32.1. The standard InChI is InChI=1S/C32H30N2O7S/c1-5-40-24-16-19(12-14-22(24)35)17-26-30(36)34-29(21-13-15-23(38-3)25(18-21)39-4)27(31(37)41-6-2)28(33-32(34)42-26)20-10-8-7-9-11-20/h7-18,29,35H,5-6H2,1-4H3/b26-17-/t29-/m0/s1. The summed E-state index contributed by atoms with van der Waals surface area (Å²) in [6, 6.07) is 18.6. The van der Waals surface area contributed by atoms with Crippen LogP contribution in [0.3, 0.4) is 0 Å². The number of hydrogen-bond donors (Lipinski definition) is 1. The second-order valence-electron chi connectivity index (χ2n) is 9.21. The van der Waals surface area contributed by atoms with Crippen molar-refractivity contribution in [1.82, 2.24) is 4.57 Å². The van der Waals surface area contributed by atoms with Crippen LogP contribution in [0.25, 0.3) is 11.8 Å². The van der Waals surface area contributed by atoms with E-state index >= 15 is 0 Å². The Morgan fingerprint density at radius 2 is 1.74 bits per heavy atom.